The van der Waals surface area contributed by atoms with Crippen LogP contribution in [-0.2, 0) is 4.79 Å². The SMILES string of the molecule is O=[C]CCCN1CCCCC1. The molecule has 2 nitrogen and oxygen atoms in total. The minimum atomic E-state index is 0.608. The van der Waals surface area contributed by atoms with Crippen molar-refractivity contribution in [2.24, 2.45) is 0 Å². The summed E-state index contributed by atoms with van der Waals surface area (Å²) in [6.07, 6.45) is 7.59. The summed E-state index contributed by atoms with van der Waals surface area (Å²) < 4.78 is 0. The number of piperidine rings is 1. The van der Waals surface area contributed by atoms with Gasteiger partial charge in [0.2, 0.25) is 0 Å². The standard InChI is InChI=1S/C9H16NO/c11-9-5-4-8-10-6-2-1-3-7-10/h1-8H2. The van der Waals surface area contributed by atoms with Crippen LogP contribution in [0, 0.1) is 0 Å². The molecule has 1 radical (unpaired) electrons. The van der Waals surface area contributed by atoms with Crippen molar-refractivity contribution < 1.29 is 4.79 Å². The highest BCUT2D eigenvalue weighted by molar-refractivity contribution is 5.50. The Hall–Kier alpha value is -0.370. The van der Waals surface area contributed by atoms with Crippen LogP contribution in [0.5, 0.6) is 0 Å². The van der Waals surface area contributed by atoms with Crippen molar-refractivity contribution in [3.05, 3.63) is 0 Å². The Kier molecular flexibility index (Phi) is 4.21. The van der Waals surface area contributed by atoms with Crippen LogP contribution < -0.4 is 0 Å². The highest BCUT2D eigenvalue weighted by Gasteiger charge is 2.08. The lowest BCUT2D eigenvalue weighted by atomic mass is 10.1. The van der Waals surface area contributed by atoms with Crippen LogP contribution in [-0.4, -0.2) is 30.8 Å². The lowest BCUT2D eigenvalue weighted by molar-refractivity contribution is 0.227. The van der Waals surface area contributed by atoms with Crippen LogP contribution in [0.1, 0.15) is 32.1 Å². The van der Waals surface area contributed by atoms with Gasteiger partial charge in [0.15, 0.2) is 6.29 Å². The second kappa shape index (κ2) is 5.30. The first-order valence-electron chi connectivity index (χ1n) is 4.51. The van der Waals surface area contributed by atoms with Gasteiger partial charge in [-0.15, -0.1) is 0 Å². The van der Waals surface area contributed by atoms with Gasteiger partial charge in [-0.3, -0.25) is 4.79 Å². The molecule has 0 amide bonds. The molecule has 1 rings (SSSR count). The Morgan fingerprint density at radius 2 is 1.91 bits per heavy atom. The van der Waals surface area contributed by atoms with Gasteiger partial charge >= 0.3 is 0 Å². The van der Waals surface area contributed by atoms with Gasteiger partial charge in [-0.2, -0.15) is 0 Å². The topological polar surface area (TPSA) is 20.3 Å². The second-order valence-corrected chi connectivity index (χ2v) is 3.15. The van der Waals surface area contributed by atoms with Crippen LogP contribution in [0.25, 0.3) is 0 Å². The summed E-state index contributed by atoms with van der Waals surface area (Å²) in [6.45, 7) is 3.56. The van der Waals surface area contributed by atoms with E-state index in [2.05, 4.69) is 4.90 Å². The Bertz CT molecular complexity index is 108. The molecule has 11 heavy (non-hydrogen) atoms. The predicted molar refractivity (Wildman–Crippen MR) is 45.2 cm³/mol. The highest BCUT2D eigenvalue weighted by Crippen LogP contribution is 2.08. The lowest BCUT2D eigenvalue weighted by Crippen LogP contribution is -2.30. The maximum absolute atomic E-state index is 9.90. The highest BCUT2D eigenvalue weighted by atomic mass is 16.1. The molecule has 0 saturated carbocycles. The fourth-order valence-corrected chi connectivity index (χ4v) is 1.56. The van der Waals surface area contributed by atoms with Crippen LogP contribution >= 0.6 is 0 Å². The molecular formula is C9H16NO. The van der Waals surface area contributed by atoms with E-state index in [1.807, 2.05) is 6.29 Å². The molecule has 1 aliphatic rings. The van der Waals surface area contributed by atoms with Crippen LogP contribution in [0.4, 0.5) is 0 Å². The summed E-state index contributed by atoms with van der Waals surface area (Å²) in [5.41, 5.74) is 0. The van der Waals surface area contributed by atoms with E-state index >= 15 is 0 Å². The van der Waals surface area contributed by atoms with E-state index in [1.165, 1.54) is 32.4 Å². The van der Waals surface area contributed by atoms with Gasteiger partial charge < -0.3 is 4.90 Å². The minimum absolute atomic E-state index is 0.608. The second-order valence-electron chi connectivity index (χ2n) is 3.15. The summed E-state index contributed by atoms with van der Waals surface area (Å²) in [5, 5.41) is 0. The number of hydrogen-bond donors (Lipinski definition) is 0. The smallest absolute Gasteiger partial charge is 0.198 e. The van der Waals surface area contributed by atoms with Gasteiger partial charge in [-0.1, -0.05) is 6.42 Å². The van der Waals surface area contributed by atoms with Gasteiger partial charge in [0.25, 0.3) is 0 Å². The van der Waals surface area contributed by atoms with Crippen LogP contribution in [0.3, 0.4) is 0 Å². The molecule has 63 valence electrons. The number of nitrogens with zero attached hydrogens (tertiary/aromatic N) is 1. The van der Waals surface area contributed by atoms with Crippen LogP contribution in [0.15, 0.2) is 0 Å². The van der Waals surface area contributed by atoms with Gasteiger partial charge in [-0.25, -0.2) is 0 Å². The monoisotopic (exact) mass is 154 g/mol. The number of unbranched alkanes of at least 4 members (excludes halogenated alkanes) is 1. The Morgan fingerprint density at radius 3 is 2.55 bits per heavy atom. The Labute approximate surface area is 68.6 Å². The molecule has 0 aromatic rings. The molecule has 0 aromatic carbocycles. The number of rotatable bonds is 4. The van der Waals surface area contributed by atoms with Crippen molar-refractivity contribution in [2.45, 2.75) is 32.1 Å². The van der Waals surface area contributed by atoms with Gasteiger partial charge in [0, 0.05) is 6.42 Å². The largest absolute Gasteiger partial charge is 0.303 e. The molecule has 0 aromatic heterocycles. The zero-order valence-electron chi connectivity index (χ0n) is 7.01. The normalized spacial score (nSPS) is 20.0. The van der Waals surface area contributed by atoms with Crippen molar-refractivity contribution in [1.82, 2.24) is 4.90 Å². The van der Waals surface area contributed by atoms with Gasteiger partial charge in [0.05, 0.1) is 0 Å². The summed E-state index contributed by atoms with van der Waals surface area (Å²) >= 11 is 0. The molecule has 2 heteroatoms. The lowest BCUT2D eigenvalue weighted by Gasteiger charge is -2.25. The first kappa shape index (κ1) is 8.72. The molecule has 0 atom stereocenters. The van der Waals surface area contributed by atoms with Crippen molar-refractivity contribution >= 4 is 6.29 Å². The molecule has 0 bridgehead atoms. The third kappa shape index (κ3) is 3.51. The average Bonchev–Trinajstić information content (AvgIpc) is 2.07. The number of carbonyl (C=O) groups excluding carboxylic acids is 1. The van der Waals surface area contributed by atoms with Crippen molar-refractivity contribution in [2.75, 3.05) is 19.6 Å². The van der Waals surface area contributed by atoms with E-state index < -0.39 is 0 Å². The third-order valence-corrected chi connectivity index (χ3v) is 2.20. The fourth-order valence-electron chi connectivity index (χ4n) is 1.56. The summed E-state index contributed by atoms with van der Waals surface area (Å²) in [5.74, 6) is 0. The Balaban J connectivity index is 2.00. The third-order valence-electron chi connectivity index (χ3n) is 2.20. The predicted octanol–water partition coefficient (Wildman–Crippen LogP) is 1.36. The molecule has 0 spiro atoms. The summed E-state index contributed by atoms with van der Waals surface area (Å²) in [4.78, 5) is 12.3. The van der Waals surface area contributed by atoms with E-state index in [9.17, 15) is 4.79 Å². The van der Waals surface area contributed by atoms with Crippen LogP contribution in [0.2, 0.25) is 0 Å². The van der Waals surface area contributed by atoms with E-state index in [0.29, 0.717) is 6.42 Å². The van der Waals surface area contributed by atoms with Crippen molar-refractivity contribution in [3.8, 4) is 0 Å². The molecular weight excluding hydrogens is 138 g/mol. The average molecular weight is 154 g/mol. The first-order valence-corrected chi connectivity index (χ1v) is 4.51. The zero-order chi connectivity index (χ0) is 7.94. The maximum atomic E-state index is 9.90. The number of hydrogen-bond acceptors (Lipinski definition) is 2. The van der Waals surface area contributed by atoms with E-state index in [4.69, 9.17) is 0 Å². The molecule has 1 aliphatic heterocycles. The minimum Gasteiger partial charge on any atom is -0.303 e. The summed E-state index contributed by atoms with van der Waals surface area (Å²) in [6, 6.07) is 0. The molecule has 1 saturated heterocycles. The molecule has 0 unspecified atom stereocenters. The molecule has 0 N–H and O–H groups in total. The number of likely N-dealkylation sites (tertiary alicyclic amines) is 1. The van der Waals surface area contributed by atoms with Crippen molar-refractivity contribution in [1.29, 1.82) is 0 Å². The van der Waals surface area contributed by atoms with Crippen molar-refractivity contribution in [3.63, 3.8) is 0 Å². The first-order chi connectivity index (χ1) is 5.43. The summed E-state index contributed by atoms with van der Waals surface area (Å²) in [7, 11) is 0. The van der Waals surface area contributed by atoms with E-state index in [-0.39, 0.29) is 0 Å². The van der Waals surface area contributed by atoms with E-state index in [1.54, 1.807) is 0 Å². The molecule has 1 fully saturated rings. The fraction of sp³-hybridized carbons (Fsp3) is 0.889. The Morgan fingerprint density at radius 1 is 1.18 bits per heavy atom. The van der Waals surface area contributed by atoms with Gasteiger partial charge in [-0.05, 0) is 38.9 Å². The van der Waals surface area contributed by atoms with E-state index in [0.717, 1.165) is 13.0 Å². The molecule has 0 aliphatic carbocycles. The zero-order valence-corrected chi connectivity index (χ0v) is 7.01. The maximum Gasteiger partial charge on any atom is 0.198 e. The quantitative estimate of drug-likeness (QED) is 0.570. The molecule has 1 heterocycles. The van der Waals surface area contributed by atoms with Gasteiger partial charge in [0.1, 0.15) is 0 Å².